The van der Waals surface area contributed by atoms with E-state index in [2.05, 4.69) is 10.3 Å². The first kappa shape index (κ1) is 15.6. The molecule has 1 unspecified atom stereocenters. The van der Waals surface area contributed by atoms with Crippen molar-refractivity contribution >= 4 is 10.0 Å². The fraction of sp³-hybridized carbons (Fsp3) is 0.467. The molecule has 2 heterocycles. The van der Waals surface area contributed by atoms with Gasteiger partial charge in [-0.1, -0.05) is 5.21 Å². The molecule has 9 heteroatoms. The summed E-state index contributed by atoms with van der Waals surface area (Å²) in [6.45, 7) is 0.498. The summed E-state index contributed by atoms with van der Waals surface area (Å²) in [6.07, 6.45) is 4.70. The van der Waals surface area contributed by atoms with Crippen molar-refractivity contribution < 1.29 is 17.2 Å². The zero-order valence-electron chi connectivity index (χ0n) is 12.8. The number of hydrogen-bond acceptors (Lipinski definition) is 4. The molecule has 4 rings (SSSR count). The van der Waals surface area contributed by atoms with Crippen LogP contribution in [0.2, 0.25) is 0 Å². The van der Waals surface area contributed by atoms with E-state index in [0.29, 0.717) is 18.4 Å². The van der Waals surface area contributed by atoms with Crippen LogP contribution in [0.15, 0.2) is 29.3 Å². The summed E-state index contributed by atoms with van der Waals surface area (Å²) < 4.78 is 54.8. The molecular weight excluding hydrogens is 338 g/mol. The van der Waals surface area contributed by atoms with Crippen LogP contribution in [0.3, 0.4) is 0 Å². The summed E-state index contributed by atoms with van der Waals surface area (Å²) >= 11 is 0. The Hall–Kier alpha value is -1.87. The Labute approximate surface area is 138 Å². The highest BCUT2D eigenvalue weighted by Crippen LogP contribution is 2.39. The summed E-state index contributed by atoms with van der Waals surface area (Å²) in [7, 11) is -3.93. The molecule has 1 aromatic carbocycles. The van der Waals surface area contributed by atoms with Gasteiger partial charge in [-0.25, -0.2) is 21.9 Å². The quantitative estimate of drug-likeness (QED) is 0.843. The molecular formula is C15H16F2N4O2S. The molecule has 128 valence electrons. The number of hydrogen-bond donors (Lipinski definition) is 0. The molecule has 1 aromatic heterocycles. The average molecular weight is 354 g/mol. The topological polar surface area (TPSA) is 68.1 Å². The lowest BCUT2D eigenvalue weighted by molar-refractivity contribution is 0.427. The van der Waals surface area contributed by atoms with Crippen molar-refractivity contribution in [2.75, 3.05) is 13.1 Å². The largest absolute Gasteiger partial charge is 0.248 e. The fourth-order valence-corrected chi connectivity index (χ4v) is 4.54. The number of nitrogens with zero attached hydrogens (tertiary/aromatic N) is 4. The van der Waals surface area contributed by atoms with E-state index in [-0.39, 0.29) is 24.0 Å². The van der Waals surface area contributed by atoms with Crippen molar-refractivity contribution in [1.29, 1.82) is 0 Å². The monoisotopic (exact) mass is 354 g/mol. The predicted molar refractivity (Wildman–Crippen MR) is 80.8 cm³/mol. The van der Waals surface area contributed by atoms with Crippen LogP contribution in [-0.2, 0) is 10.0 Å². The molecule has 1 aliphatic carbocycles. The standard InChI is InChI=1S/C15H16F2N4O2S/c16-11-5-12(17)7-14(6-11)24(22,23)20-4-3-13(8-20)21-9-15(18-19-21)10-1-2-10/h5-7,9-10,13H,1-4,8H2. The third kappa shape index (κ3) is 2.82. The average Bonchev–Trinajstić information content (AvgIpc) is 3.06. The van der Waals surface area contributed by atoms with Crippen LogP contribution < -0.4 is 0 Å². The Morgan fingerprint density at radius 1 is 1.08 bits per heavy atom. The van der Waals surface area contributed by atoms with Gasteiger partial charge in [-0.15, -0.1) is 5.10 Å². The second-order valence-corrected chi connectivity index (χ2v) is 8.25. The van der Waals surface area contributed by atoms with Gasteiger partial charge in [-0.05, 0) is 31.4 Å². The number of sulfonamides is 1. The second kappa shape index (κ2) is 5.59. The SMILES string of the molecule is O=S(=O)(c1cc(F)cc(F)c1)N1CCC(n2cc(C3CC3)nn2)C1. The van der Waals surface area contributed by atoms with E-state index in [1.54, 1.807) is 4.68 Å². The fourth-order valence-electron chi connectivity index (χ4n) is 3.01. The Balaban J connectivity index is 1.54. The smallest absolute Gasteiger partial charge is 0.243 e. The summed E-state index contributed by atoms with van der Waals surface area (Å²) in [6, 6.07) is 2.22. The number of halogens is 2. The molecule has 1 atom stereocenters. The molecule has 1 aliphatic heterocycles. The van der Waals surface area contributed by atoms with Gasteiger partial charge in [0.05, 0.1) is 16.6 Å². The molecule has 2 fully saturated rings. The molecule has 0 amide bonds. The predicted octanol–water partition coefficient (Wildman–Crippen LogP) is 2.07. The van der Waals surface area contributed by atoms with Gasteiger partial charge in [0.15, 0.2) is 0 Å². The van der Waals surface area contributed by atoms with Gasteiger partial charge >= 0.3 is 0 Å². The van der Waals surface area contributed by atoms with Gasteiger partial charge in [0.25, 0.3) is 0 Å². The summed E-state index contributed by atoms with van der Waals surface area (Å²) in [5, 5.41) is 8.24. The van der Waals surface area contributed by atoms with Crippen molar-refractivity contribution in [1.82, 2.24) is 19.3 Å². The summed E-state index contributed by atoms with van der Waals surface area (Å²) in [4.78, 5) is -0.363. The molecule has 6 nitrogen and oxygen atoms in total. The molecule has 0 N–H and O–H groups in total. The number of benzene rings is 1. The summed E-state index contributed by atoms with van der Waals surface area (Å²) in [5.74, 6) is -1.33. The van der Waals surface area contributed by atoms with E-state index >= 15 is 0 Å². The van der Waals surface area contributed by atoms with Gasteiger partial charge in [0.2, 0.25) is 10.0 Å². The van der Waals surface area contributed by atoms with Crippen LogP contribution in [-0.4, -0.2) is 40.8 Å². The molecule has 0 radical (unpaired) electrons. The normalized spacial score (nSPS) is 22.2. The molecule has 24 heavy (non-hydrogen) atoms. The van der Waals surface area contributed by atoms with Crippen molar-refractivity contribution in [2.45, 2.75) is 36.1 Å². The van der Waals surface area contributed by atoms with Crippen LogP contribution in [0.25, 0.3) is 0 Å². The van der Waals surface area contributed by atoms with Gasteiger partial charge in [0, 0.05) is 31.3 Å². The molecule has 1 saturated heterocycles. The molecule has 1 saturated carbocycles. The van der Waals surface area contributed by atoms with E-state index in [4.69, 9.17) is 0 Å². The zero-order chi connectivity index (χ0) is 16.9. The number of aromatic nitrogens is 3. The highest BCUT2D eigenvalue weighted by atomic mass is 32.2. The Bertz CT molecular complexity index is 859. The molecule has 0 spiro atoms. The van der Waals surface area contributed by atoms with Crippen LogP contribution in [0.4, 0.5) is 8.78 Å². The lowest BCUT2D eigenvalue weighted by Crippen LogP contribution is -2.29. The summed E-state index contributed by atoms with van der Waals surface area (Å²) in [5.41, 5.74) is 0.948. The Morgan fingerprint density at radius 3 is 2.46 bits per heavy atom. The highest BCUT2D eigenvalue weighted by molar-refractivity contribution is 7.89. The third-order valence-corrected chi connectivity index (χ3v) is 6.34. The van der Waals surface area contributed by atoms with Gasteiger partial charge in [-0.3, -0.25) is 0 Å². The van der Waals surface area contributed by atoms with Crippen molar-refractivity contribution in [2.24, 2.45) is 0 Å². The maximum absolute atomic E-state index is 13.3. The van der Waals surface area contributed by atoms with E-state index in [1.165, 1.54) is 4.31 Å². The lowest BCUT2D eigenvalue weighted by atomic mass is 10.2. The first-order valence-corrected chi connectivity index (χ1v) is 9.25. The molecule has 2 aromatic rings. The minimum atomic E-state index is -3.93. The first-order chi connectivity index (χ1) is 11.4. The Morgan fingerprint density at radius 2 is 1.79 bits per heavy atom. The van der Waals surface area contributed by atoms with E-state index in [1.807, 2.05) is 6.20 Å². The van der Waals surface area contributed by atoms with Crippen LogP contribution >= 0.6 is 0 Å². The maximum atomic E-state index is 13.3. The molecule has 2 aliphatic rings. The van der Waals surface area contributed by atoms with Gasteiger partial charge in [0.1, 0.15) is 11.6 Å². The highest BCUT2D eigenvalue weighted by Gasteiger charge is 2.35. The van der Waals surface area contributed by atoms with E-state index < -0.39 is 21.7 Å². The Kier molecular flexibility index (Phi) is 3.65. The zero-order valence-corrected chi connectivity index (χ0v) is 13.6. The van der Waals surface area contributed by atoms with Crippen LogP contribution in [0.5, 0.6) is 0 Å². The maximum Gasteiger partial charge on any atom is 0.243 e. The third-order valence-electron chi connectivity index (χ3n) is 4.50. The van der Waals surface area contributed by atoms with Gasteiger partial charge in [-0.2, -0.15) is 4.31 Å². The number of rotatable bonds is 4. The van der Waals surface area contributed by atoms with E-state index in [9.17, 15) is 17.2 Å². The first-order valence-electron chi connectivity index (χ1n) is 7.81. The lowest BCUT2D eigenvalue weighted by Gasteiger charge is -2.16. The second-order valence-electron chi connectivity index (χ2n) is 6.31. The van der Waals surface area contributed by atoms with Crippen molar-refractivity contribution in [3.63, 3.8) is 0 Å². The minimum absolute atomic E-state index is 0.113. The molecule has 0 bridgehead atoms. The van der Waals surface area contributed by atoms with Crippen LogP contribution in [0, 0.1) is 11.6 Å². The minimum Gasteiger partial charge on any atom is -0.248 e. The van der Waals surface area contributed by atoms with E-state index in [0.717, 1.165) is 30.7 Å². The van der Waals surface area contributed by atoms with Crippen molar-refractivity contribution in [3.05, 3.63) is 41.7 Å². The van der Waals surface area contributed by atoms with Gasteiger partial charge < -0.3 is 0 Å². The van der Waals surface area contributed by atoms with Crippen LogP contribution in [0.1, 0.15) is 36.9 Å². The van der Waals surface area contributed by atoms with Crippen molar-refractivity contribution in [3.8, 4) is 0 Å².